The number of nitrogens with zero attached hydrogens (tertiary/aromatic N) is 3. The van der Waals surface area contributed by atoms with Crippen LogP contribution in [0.4, 0.5) is 0 Å². The predicted molar refractivity (Wildman–Crippen MR) is 106 cm³/mol. The molecule has 3 heterocycles. The van der Waals surface area contributed by atoms with Gasteiger partial charge in [-0.2, -0.15) is 0 Å². The molecule has 150 valence electrons. The lowest BCUT2D eigenvalue weighted by Crippen LogP contribution is -2.70. The Balaban J connectivity index is 1.57. The highest BCUT2D eigenvalue weighted by atomic mass is 16.2. The number of amides is 2. The molecule has 2 aromatic rings. The second-order valence-electron chi connectivity index (χ2n) is 9.59. The Bertz CT molecular complexity index is 930. The first-order valence-electron chi connectivity index (χ1n) is 9.78. The molecule has 8 heteroatoms. The quantitative estimate of drug-likeness (QED) is 0.739. The van der Waals surface area contributed by atoms with E-state index in [2.05, 4.69) is 20.3 Å². The van der Waals surface area contributed by atoms with E-state index in [1.54, 1.807) is 17.3 Å². The molecular weight excluding hydrogens is 356 g/mol. The topological polar surface area (TPSA) is 117 Å². The number of aromatic amines is 1. The summed E-state index contributed by atoms with van der Waals surface area (Å²) in [7, 11) is 0. The maximum Gasteiger partial charge on any atom is 0.255 e. The number of hydrogen-bond donors (Lipinski definition) is 3. The van der Waals surface area contributed by atoms with Gasteiger partial charge in [-0.15, -0.1) is 0 Å². The summed E-state index contributed by atoms with van der Waals surface area (Å²) in [6.45, 7) is 8.74. The minimum atomic E-state index is -0.652. The van der Waals surface area contributed by atoms with Crippen LogP contribution in [0.2, 0.25) is 0 Å². The standard InChI is InChI=1S/C20H28N6O2/c1-19(2,3)15(18(28)26-9-20(4,21)10-26)25-17(27)12-7-22-16-14(12)24-13(8-23-16)11-5-6-11/h7-8,11,15H,5-6,9-10,21H2,1-4H3,(H,22,23)(H,25,27)/t15-/m0/s1. The van der Waals surface area contributed by atoms with Crippen LogP contribution in [0.25, 0.3) is 11.2 Å². The molecule has 4 rings (SSSR count). The van der Waals surface area contributed by atoms with Crippen molar-refractivity contribution in [3.8, 4) is 0 Å². The van der Waals surface area contributed by atoms with Crippen molar-refractivity contribution in [3.05, 3.63) is 23.7 Å². The molecule has 1 atom stereocenters. The number of aromatic nitrogens is 3. The molecule has 8 nitrogen and oxygen atoms in total. The van der Waals surface area contributed by atoms with Crippen molar-refractivity contribution in [1.29, 1.82) is 0 Å². The lowest BCUT2D eigenvalue weighted by molar-refractivity contribution is -0.142. The van der Waals surface area contributed by atoms with E-state index in [0.29, 0.717) is 35.7 Å². The third-order valence-electron chi connectivity index (χ3n) is 5.44. The van der Waals surface area contributed by atoms with Crippen LogP contribution in [0.1, 0.15) is 62.5 Å². The maximum absolute atomic E-state index is 13.0. The van der Waals surface area contributed by atoms with Crippen molar-refractivity contribution >= 4 is 23.0 Å². The number of hydrogen-bond acceptors (Lipinski definition) is 5. The number of carbonyl (C=O) groups is 2. The zero-order valence-electron chi connectivity index (χ0n) is 16.9. The van der Waals surface area contributed by atoms with E-state index in [0.717, 1.165) is 18.5 Å². The van der Waals surface area contributed by atoms with E-state index in [1.165, 1.54) is 0 Å². The molecule has 0 radical (unpaired) electrons. The van der Waals surface area contributed by atoms with E-state index in [9.17, 15) is 9.59 Å². The van der Waals surface area contributed by atoms with Crippen molar-refractivity contribution in [2.24, 2.45) is 11.1 Å². The summed E-state index contributed by atoms with van der Waals surface area (Å²) in [4.78, 5) is 39.8. The van der Waals surface area contributed by atoms with Crippen LogP contribution < -0.4 is 11.1 Å². The molecule has 1 saturated heterocycles. The highest BCUT2D eigenvalue weighted by Crippen LogP contribution is 2.39. The lowest BCUT2D eigenvalue weighted by atomic mass is 9.83. The van der Waals surface area contributed by atoms with Gasteiger partial charge in [-0.25, -0.2) is 9.97 Å². The van der Waals surface area contributed by atoms with Crippen molar-refractivity contribution in [2.45, 2.75) is 58.0 Å². The average molecular weight is 384 g/mol. The molecule has 2 aliphatic rings. The second kappa shape index (κ2) is 6.27. The Hall–Kier alpha value is -2.48. The molecule has 1 aliphatic heterocycles. The molecule has 1 aliphatic carbocycles. The van der Waals surface area contributed by atoms with Crippen molar-refractivity contribution < 1.29 is 9.59 Å². The number of nitrogens with one attached hydrogen (secondary N) is 2. The van der Waals surface area contributed by atoms with Crippen LogP contribution in [0.5, 0.6) is 0 Å². The average Bonchev–Trinajstić information content (AvgIpc) is 3.35. The minimum Gasteiger partial charge on any atom is -0.344 e. The fraction of sp³-hybridized carbons (Fsp3) is 0.600. The third kappa shape index (κ3) is 3.48. The van der Waals surface area contributed by atoms with Crippen LogP contribution in [-0.2, 0) is 4.79 Å². The number of carbonyl (C=O) groups excluding carboxylic acids is 2. The molecule has 0 unspecified atom stereocenters. The van der Waals surface area contributed by atoms with Gasteiger partial charge in [0.15, 0.2) is 5.65 Å². The minimum absolute atomic E-state index is 0.103. The van der Waals surface area contributed by atoms with Gasteiger partial charge in [0.05, 0.1) is 17.5 Å². The van der Waals surface area contributed by atoms with E-state index < -0.39 is 11.5 Å². The van der Waals surface area contributed by atoms with Gasteiger partial charge in [0.1, 0.15) is 11.6 Å². The first-order valence-corrected chi connectivity index (χ1v) is 9.78. The Morgan fingerprint density at radius 3 is 2.61 bits per heavy atom. The van der Waals surface area contributed by atoms with Crippen molar-refractivity contribution in [3.63, 3.8) is 0 Å². The highest BCUT2D eigenvalue weighted by molar-refractivity contribution is 6.06. The van der Waals surface area contributed by atoms with Crippen LogP contribution in [-0.4, -0.2) is 56.3 Å². The van der Waals surface area contributed by atoms with E-state index in [1.807, 2.05) is 27.7 Å². The van der Waals surface area contributed by atoms with Crippen LogP contribution in [0.15, 0.2) is 12.4 Å². The van der Waals surface area contributed by atoms with Gasteiger partial charge < -0.3 is 20.9 Å². The fourth-order valence-electron chi connectivity index (χ4n) is 3.68. The number of rotatable bonds is 4. The van der Waals surface area contributed by atoms with Gasteiger partial charge in [0, 0.05) is 30.7 Å². The van der Waals surface area contributed by atoms with Gasteiger partial charge in [-0.1, -0.05) is 20.8 Å². The molecule has 2 aromatic heterocycles. The van der Waals surface area contributed by atoms with Crippen LogP contribution in [0.3, 0.4) is 0 Å². The molecule has 2 amide bonds. The number of fused-ring (bicyclic) bond motifs is 1. The number of likely N-dealkylation sites (tertiary alicyclic amines) is 1. The number of nitrogens with two attached hydrogens (primary N) is 1. The van der Waals surface area contributed by atoms with Gasteiger partial charge in [-0.05, 0) is 25.2 Å². The summed E-state index contributed by atoms with van der Waals surface area (Å²) in [5.74, 6) is 0.0229. The fourth-order valence-corrected chi connectivity index (χ4v) is 3.68. The lowest BCUT2D eigenvalue weighted by Gasteiger charge is -2.48. The normalized spacial score (nSPS) is 20.0. The first-order chi connectivity index (χ1) is 13.0. The van der Waals surface area contributed by atoms with Gasteiger partial charge in [-0.3, -0.25) is 9.59 Å². The molecular formula is C20H28N6O2. The monoisotopic (exact) mass is 384 g/mol. The SMILES string of the molecule is CC1(N)CN(C(=O)[C@H](NC(=O)c2c[nH]c3ncc(C4CC4)nc23)C(C)(C)C)C1. The first kappa shape index (κ1) is 18.9. The van der Waals surface area contributed by atoms with Crippen LogP contribution >= 0.6 is 0 Å². The molecule has 0 aromatic carbocycles. The Kier molecular flexibility index (Phi) is 4.22. The summed E-state index contributed by atoms with van der Waals surface area (Å²) < 4.78 is 0. The zero-order chi connectivity index (χ0) is 20.3. The molecule has 4 N–H and O–H groups in total. The number of H-pyrrole nitrogens is 1. The van der Waals surface area contributed by atoms with Gasteiger partial charge in [0.2, 0.25) is 5.91 Å². The second-order valence-corrected chi connectivity index (χ2v) is 9.59. The highest BCUT2D eigenvalue weighted by Gasteiger charge is 2.44. The summed E-state index contributed by atoms with van der Waals surface area (Å²) in [5, 5.41) is 2.93. The van der Waals surface area contributed by atoms with Gasteiger partial charge in [0.25, 0.3) is 5.91 Å². The zero-order valence-corrected chi connectivity index (χ0v) is 16.9. The predicted octanol–water partition coefficient (Wildman–Crippen LogP) is 1.54. The smallest absolute Gasteiger partial charge is 0.255 e. The van der Waals surface area contributed by atoms with E-state index in [4.69, 9.17) is 5.73 Å². The molecule has 0 spiro atoms. The van der Waals surface area contributed by atoms with Crippen molar-refractivity contribution in [1.82, 2.24) is 25.2 Å². The summed E-state index contributed by atoms with van der Waals surface area (Å²) in [5.41, 5.74) is 7.72. The molecule has 28 heavy (non-hydrogen) atoms. The van der Waals surface area contributed by atoms with Crippen LogP contribution in [0, 0.1) is 5.41 Å². The largest absolute Gasteiger partial charge is 0.344 e. The van der Waals surface area contributed by atoms with E-state index in [-0.39, 0.29) is 17.4 Å². The summed E-state index contributed by atoms with van der Waals surface area (Å²) >= 11 is 0. The Morgan fingerprint density at radius 1 is 1.36 bits per heavy atom. The summed E-state index contributed by atoms with van der Waals surface area (Å²) in [6, 6.07) is -0.652. The molecule has 2 fully saturated rings. The molecule has 0 bridgehead atoms. The van der Waals surface area contributed by atoms with E-state index >= 15 is 0 Å². The van der Waals surface area contributed by atoms with Crippen molar-refractivity contribution in [2.75, 3.05) is 13.1 Å². The Morgan fingerprint density at radius 2 is 2.04 bits per heavy atom. The third-order valence-corrected chi connectivity index (χ3v) is 5.44. The Labute approximate surface area is 164 Å². The summed E-state index contributed by atoms with van der Waals surface area (Å²) in [6.07, 6.45) is 5.61. The maximum atomic E-state index is 13.0. The van der Waals surface area contributed by atoms with Gasteiger partial charge >= 0.3 is 0 Å². The molecule has 1 saturated carbocycles.